The van der Waals surface area contributed by atoms with Crippen molar-refractivity contribution < 1.29 is 4.74 Å². The molecule has 3 nitrogen and oxygen atoms in total. The van der Waals surface area contributed by atoms with Crippen LogP contribution in [0.5, 0.6) is 5.75 Å². The predicted octanol–water partition coefficient (Wildman–Crippen LogP) is 3.45. The van der Waals surface area contributed by atoms with Crippen molar-refractivity contribution in [2.24, 2.45) is 0 Å². The normalized spacial score (nSPS) is 10.8. The fourth-order valence-corrected chi connectivity index (χ4v) is 1.84. The van der Waals surface area contributed by atoms with E-state index in [1.54, 1.807) is 6.20 Å². The lowest BCUT2D eigenvalue weighted by Crippen LogP contribution is -2.07. The van der Waals surface area contributed by atoms with Gasteiger partial charge in [-0.3, -0.25) is 4.98 Å². The van der Waals surface area contributed by atoms with Gasteiger partial charge in [0.05, 0.1) is 6.10 Å². The van der Waals surface area contributed by atoms with E-state index in [4.69, 9.17) is 4.74 Å². The highest BCUT2D eigenvalue weighted by molar-refractivity contribution is 5.95. The molecule has 0 saturated heterocycles. The molecule has 0 atom stereocenters. The van der Waals surface area contributed by atoms with Gasteiger partial charge in [-0.2, -0.15) is 0 Å². The quantitative estimate of drug-likeness (QED) is 0.873. The van der Waals surface area contributed by atoms with Crippen LogP contribution in [0, 0.1) is 0 Å². The Morgan fingerprint density at radius 3 is 2.82 bits per heavy atom. The van der Waals surface area contributed by atoms with Gasteiger partial charge in [0.15, 0.2) is 0 Å². The first kappa shape index (κ1) is 11.7. The molecule has 3 heteroatoms. The van der Waals surface area contributed by atoms with E-state index in [1.165, 1.54) is 0 Å². The van der Waals surface area contributed by atoms with E-state index in [2.05, 4.69) is 23.3 Å². The number of pyridine rings is 1. The lowest BCUT2D eigenvalue weighted by Gasteiger charge is -2.14. The minimum Gasteiger partial charge on any atom is -0.489 e. The summed E-state index contributed by atoms with van der Waals surface area (Å²) in [6.07, 6.45) is 1.95. The number of rotatable bonds is 4. The first-order chi connectivity index (χ1) is 8.22. The van der Waals surface area contributed by atoms with Gasteiger partial charge in [0.1, 0.15) is 11.3 Å². The number of nitrogens with zero attached hydrogens (tertiary/aromatic N) is 1. The Morgan fingerprint density at radius 2 is 2.12 bits per heavy atom. The summed E-state index contributed by atoms with van der Waals surface area (Å²) in [6.45, 7) is 7.02. The minimum atomic E-state index is 0.158. The third-order valence-electron chi connectivity index (χ3n) is 2.46. The summed E-state index contributed by atoms with van der Waals surface area (Å²) < 4.78 is 5.77. The van der Waals surface area contributed by atoms with Crippen LogP contribution in [-0.2, 0) is 0 Å². The fourth-order valence-electron chi connectivity index (χ4n) is 1.84. The number of aromatic nitrogens is 1. The molecule has 1 aromatic carbocycles. The van der Waals surface area contributed by atoms with E-state index >= 15 is 0 Å². The zero-order valence-electron chi connectivity index (χ0n) is 10.5. The minimum absolute atomic E-state index is 0.158. The number of fused-ring (bicyclic) bond motifs is 1. The van der Waals surface area contributed by atoms with Gasteiger partial charge in [0.25, 0.3) is 0 Å². The number of nitrogens with one attached hydrogen (secondary N) is 1. The standard InChI is InChI=1S/C14H18N2O/c1-4-15-12-7-8-13(17-10(2)3)14-11(12)6-5-9-16-14/h5-10,15H,4H2,1-3H3. The summed E-state index contributed by atoms with van der Waals surface area (Å²) in [4.78, 5) is 4.41. The Bertz CT molecular complexity index is 509. The van der Waals surface area contributed by atoms with Crippen LogP contribution in [0.4, 0.5) is 5.69 Å². The first-order valence-electron chi connectivity index (χ1n) is 6.00. The second kappa shape index (κ2) is 5.04. The van der Waals surface area contributed by atoms with Gasteiger partial charge in [0.2, 0.25) is 0 Å². The number of hydrogen-bond acceptors (Lipinski definition) is 3. The smallest absolute Gasteiger partial charge is 0.146 e. The molecule has 17 heavy (non-hydrogen) atoms. The third kappa shape index (κ3) is 2.49. The van der Waals surface area contributed by atoms with E-state index in [-0.39, 0.29) is 6.10 Å². The molecule has 0 aliphatic rings. The highest BCUT2D eigenvalue weighted by atomic mass is 16.5. The Hall–Kier alpha value is -1.77. The van der Waals surface area contributed by atoms with E-state index in [9.17, 15) is 0 Å². The summed E-state index contributed by atoms with van der Waals surface area (Å²) >= 11 is 0. The number of ether oxygens (including phenoxy) is 1. The molecule has 2 rings (SSSR count). The van der Waals surface area contributed by atoms with Crippen LogP contribution in [0.15, 0.2) is 30.5 Å². The second-order valence-corrected chi connectivity index (χ2v) is 4.21. The molecule has 90 valence electrons. The molecule has 0 spiro atoms. The molecule has 1 heterocycles. The summed E-state index contributed by atoms with van der Waals surface area (Å²) in [7, 11) is 0. The number of benzene rings is 1. The van der Waals surface area contributed by atoms with Crippen molar-refractivity contribution in [2.45, 2.75) is 26.9 Å². The van der Waals surface area contributed by atoms with Gasteiger partial charge in [-0.25, -0.2) is 0 Å². The lowest BCUT2D eigenvalue weighted by molar-refractivity contribution is 0.245. The van der Waals surface area contributed by atoms with E-state index in [0.29, 0.717) is 0 Å². The molecular formula is C14H18N2O. The lowest BCUT2D eigenvalue weighted by atomic mass is 10.1. The summed E-state index contributed by atoms with van der Waals surface area (Å²) in [5.74, 6) is 0.845. The van der Waals surface area contributed by atoms with E-state index < -0.39 is 0 Å². The van der Waals surface area contributed by atoms with Crippen molar-refractivity contribution in [2.75, 3.05) is 11.9 Å². The van der Waals surface area contributed by atoms with Crippen molar-refractivity contribution in [3.63, 3.8) is 0 Å². The topological polar surface area (TPSA) is 34.1 Å². The van der Waals surface area contributed by atoms with Crippen molar-refractivity contribution >= 4 is 16.6 Å². The van der Waals surface area contributed by atoms with E-state index in [1.807, 2.05) is 32.0 Å². The SMILES string of the molecule is CCNc1ccc(OC(C)C)c2ncccc12. The van der Waals surface area contributed by atoms with Crippen molar-refractivity contribution in [1.82, 2.24) is 4.98 Å². The van der Waals surface area contributed by atoms with Crippen molar-refractivity contribution in [3.05, 3.63) is 30.5 Å². The van der Waals surface area contributed by atoms with Gasteiger partial charge in [-0.1, -0.05) is 0 Å². The van der Waals surface area contributed by atoms with Gasteiger partial charge in [-0.15, -0.1) is 0 Å². The number of anilines is 1. The molecular weight excluding hydrogens is 212 g/mol. The molecule has 0 aliphatic heterocycles. The van der Waals surface area contributed by atoms with Crippen molar-refractivity contribution in [1.29, 1.82) is 0 Å². The highest BCUT2D eigenvalue weighted by Crippen LogP contribution is 2.30. The van der Waals surface area contributed by atoms with Gasteiger partial charge in [0, 0.05) is 23.8 Å². The second-order valence-electron chi connectivity index (χ2n) is 4.21. The molecule has 0 radical (unpaired) electrons. The van der Waals surface area contributed by atoms with Crippen molar-refractivity contribution in [3.8, 4) is 5.75 Å². The molecule has 0 saturated carbocycles. The maximum absolute atomic E-state index is 5.77. The predicted molar refractivity (Wildman–Crippen MR) is 71.7 cm³/mol. The Morgan fingerprint density at radius 1 is 1.29 bits per heavy atom. The average Bonchev–Trinajstić information content (AvgIpc) is 2.32. The van der Waals surface area contributed by atoms with Crippen LogP contribution < -0.4 is 10.1 Å². The molecule has 2 aromatic rings. The van der Waals surface area contributed by atoms with Gasteiger partial charge < -0.3 is 10.1 Å². The summed E-state index contributed by atoms with van der Waals surface area (Å²) in [6, 6.07) is 8.04. The zero-order chi connectivity index (χ0) is 12.3. The Kier molecular flexibility index (Phi) is 3.47. The molecule has 0 amide bonds. The molecule has 1 N–H and O–H groups in total. The zero-order valence-corrected chi connectivity index (χ0v) is 10.5. The van der Waals surface area contributed by atoms with Crippen LogP contribution in [0.3, 0.4) is 0 Å². The molecule has 0 aliphatic carbocycles. The van der Waals surface area contributed by atoms with Crippen LogP contribution >= 0.6 is 0 Å². The highest BCUT2D eigenvalue weighted by Gasteiger charge is 2.08. The first-order valence-corrected chi connectivity index (χ1v) is 6.00. The summed E-state index contributed by atoms with van der Waals surface area (Å²) in [5, 5.41) is 4.44. The van der Waals surface area contributed by atoms with Crippen LogP contribution in [-0.4, -0.2) is 17.6 Å². The van der Waals surface area contributed by atoms with Crippen LogP contribution in [0.2, 0.25) is 0 Å². The maximum Gasteiger partial charge on any atom is 0.146 e. The van der Waals surface area contributed by atoms with Gasteiger partial charge >= 0.3 is 0 Å². The molecule has 1 aromatic heterocycles. The number of hydrogen-bond donors (Lipinski definition) is 1. The molecule has 0 bridgehead atoms. The molecule has 0 unspecified atom stereocenters. The van der Waals surface area contributed by atoms with E-state index in [0.717, 1.165) is 28.9 Å². The molecule has 0 fully saturated rings. The largest absolute Gasteiger partial charge is 0.489 e. The Labute approximate surface area is 102 Å². The average molecular weight is 230 g/mol. The fraction of sp³-hybridized carbons (Fsp3) is 0.357. The maximum atomic E-state index is 5.77. The van der Waals surface area contributed by atoms with Gasteiger partial charge in [-0.05, 0) is 45.0 Å². The van der Waals surface area contributed by atoms with Crippen LogP contribution in [0.1, 0.15) is 20.8 Å². The monoisotopic (exact) mass is 230 g/mol. The third-order valence-corrected chi connectivity index (χ3v) is 2.46. The van der Waals surface area contributed by atoms with Crippen LogP contribution in [0.25, 0.3) is 10.9 Å². The Balaban J connectivity index is 2.54. The summed E-state index contributed by atoms with van der Waals surface area (Å²) in [5.41, 5.74) is 2.02.